The summed E-state index contributed by atoms with van der Waals surface area (Å²) in [5.74, 6) is 3.71. The maximum atomic E-state index is 5.73. The summed E-state index contributed by atoms with van der Waals surface area (Å²) in [6.45, 7) is 4.35. The molecular formula is C10H19ClOS. The van der Waals surface area contributed by atoms with Gasteiger partial charge in [-0.25, -0.2) is 0 Å². The minimum atomic E-state index is 0.482. The fraction of sp³-hybridized carbons (Fsp3) is 1.00. The average Bonchev–Trinajstić information content (AvgIpc) is 2.51. The van der Waals surface area contributed by atoms with Crippen molar-refractivity contribution in [3.8, 4) is 0 Å². The standard InChI is InChI=1S/C10H19ClOS/c1-8(5-11)6-13-7-10-4-3-9(2)12-10/h8-10H,3-7H2,1-2H3. The Balaban J connectivity index is 2.00. The van der Waals surface area contributed by atoms with Gasteiger partial charge in [0.25, 0.3) is 0 Å². The lowest BCUT2D eigenvalue weighted by Gasteiger charge is -2.12. The summed E-state index contributed by atoms with van der Waals surface area (Å²) in [6.07, 6.45) is 3.46. The third kappa shape index (κ3) is 4.57. The molecular weight excluding hydrogens is 204 g/mol. The Hall–Kier alpha value is 0.600. The number of alkyl halides is 1. The number of hydrogen-bond donors (Lipinski definition) is 0. The van der Waals surface area contributed by atoms with Crippen LogP contribution in [0.3, 0.4) is 0 Å². The van der Waals surface area contributed by atoms with Crippen molar-refractivity contribution in [2.75, 3.05) is 17.4 Å². The van der Waals surface area contributed by atoms with Gasteiger partial charge in [0.15, 0.2) is 0 Å². The molecule has 0 aromatic rings. The molecule has 3 atom stereocenters. The molecule has 3 heteroatoms. The van der Waals surface area contributed by atoms with Gasteiger partial charge in [-0.1, -0.05) is 6.92 Å². The van der Waals surface area contributed by atoms with Crippen molar-refractivity contribution in [1.29, 1.82) is 0 Å². The molecule has 0 aliphatic carbocycles. The molecule has 3 unspecified atom stereocenters. The van der Waals surface area contributed by atoms with E-state index in [-0.39, 0.29) is 0 Å². The molecule has 1 nitrogen and oxygen atoms in total. The molecule has 13 heavy (non-hydrogen) atoms. The van der Waals surface area contributed by atoms with Crippen molar-refractivity contribution < 1.29 is 4.74 Å². The number of ether oxygens (including phenoxy) is 1. The van der Waals surface area contributed by atoms with E-state index in [2.05, 4.69) is 13.8 Å². The summed E-state index contributed by atoms with van der Waals surface area (Å²) in [5, 5.41) is 0. The second-order valence-corrected chi connectivity index (χ2v) is 5.33. The first-order chi connectivity index (χ1) is 6.22. The van der Waals surface area contributed by atoms with Crippen LogP contribution in [0, 0.1) is 5.92 Å². The van der Waals surface area contributed by atoms with Gasteiger partial charge < -0.3 is 4.74 Å². The van der Waals surface area contributed by atoms with Gasteiger partial charge >= 0.3 is 0 Å². The highest BCUT2D eigenvalue weighted by molar-refractivity contribution is 7.99. The van der Waals surface area contributed by atoms with E-state index in [1.54, 1.807) is 0 Å². The molecule has 78 valence electrons. The molecule has 1 fully saturated rings. The molecule has 0 spiro atoms. The summed E-state index contributed by atoms with van der Waals surface area (Å²) in [4.78, 5) is 0. The molecule has 0 amide bonds. The van der Waals surface area contributed by atoms with Gasteiger partial charge in [-0.05, 0) is 31.4 Å². The zero-order valence-corrected chi connectivity index (χ0v) is 10.0. The minimum absolute atomic E-state index is 0.482. The van der Waals surface area contributed by atoms with E-state index in [0.717, 1.165) is 17.4 Å². The van der Waals surface area contributed by atoms with Crippen molar-refractivity contribution in [3.63, 3.8) is 0 Å². The highest BCUT2D eigenvalue weighted by Crippen LogP contribution is 2.23. The topological polar surface area (TPSA) is 9.23 Å². The first kappa shape index (κ1) is 11.7. The SMILES string of the molecule is CC(CCl)CSCC1CCC(C)O1. The van der Waals surface area contributed by atoms with E-state index in [9.17, 15) is 0 Å². The summed E-state index contributed by atoms with van der Waals surface area (Å²) < 4.78 is 5.72. The van der Waals surface area contributed by atoms with E-state index < -0.39 is 0 Å². The lowest BCUT2D eigenvalue weighted by molar-refractivity contribution is 0.0700. The van der Waals surface area contributed by atoms with Crippen LogP contribution in [0.4, 0.5) is 0 Å². The second-order valence-electron chi connectivity index (χ2n) is 3.94. The Kier molecular flexibility index (Phi) is 5.52. The molecule has 0 aromatic heterocycles. The number of rotatable bonds is 5. The van der Waals surface area contributed by atoms with Gasteiger partial charge in [0.05, 0.1) is 12.2 Å². The quantitative estimate of drug-likeness (QED) is 0.661. The summed E-state index contributed by atoms with van der Waals surface area (Å²) in [6, 6.07) is 0. The molecule has 0 N–H and O–H groups in total. The van der Waals surface area contributed by atoms with Crippen LogP contribution in [0.15, 0.2) is 0 Å². The first-order valence-corrected chi connectivity index (χ1v) is 6.70. The fourth-order valence-corrected chi connectivity index (χ4v) is 2.86. The molecule has 1 aliphatic rings. The predicted molar refractivity (Wildman–Crippen MR) is 60.8 cm³/mol. The van der Waals surface area contributed by atoms with Crippen LogP contribution in [-0.2, 0) is 4.74 Å². The van der Waals surface area contributed by atoms with E-state index in [1.165, 1.54) is 12.8 Å². The van der Waals surface area contributed by atoms with Gasteiger partial charge in [0.2, 0.25) is 0 Å². The fourth-order valence-electron chi connectivity index (χ4n) is 1.45. The molecule has 1 aliphatic heterocycles. The molecule has 1 saturated heterocycles. The monoisotopic (exact) mass is 222 g/mol. The van der Waals surface area contributed by atoms with Crippen LogP contribution in [0.25, 0.3) is 0 Å². The Labute approximate surface area is 90.6 Å². The minimum Gasteiger partial charge on any atom is -0.374 e. The summed E-state index contributed by atoms with van der Waals surface area (Å²) in [7, 11) is 0. The average molecular weight is 223 g/mol. The maximum Gasteiger partial charge on any atom is 0.0670 e. The largest absolute Gasteiger partial charge is 0.374 e. The van der Waals surface area contributed by atoms with Gasteiger partial charge in [-0.2, -0.15) is 11.8 Å². The maximum absolute atomic E-state index is 5.73. The van der Waals surface area contributed by atoms with Gasteiger partial charge in [-0.15, -0.1) is 11.6 Å². The van der Waals surface area contributed by atoms with Gasteiger partial charge in [0, 0.05) is 11.6 Å². The first-order valence-electron chi connectivity index (χ1n) is 5.01. The van der Waals surface area contributed by atoms with E-state index in [0.29, 0.717) is 18.1 Å². The van der Waals surface area contributed by atoms with Crippen LogP contribution in [-0.4, -0.2) is 29.6 Å². The van der Waals surface area contributed by atoms with Crippen molar-refractivity contribution in [3.05, 3.63) is 0 Å². The molecule has 1 heterocycles. The van der Waals surface area contributed by atoms with Crippen molar-refractivity contribution >= 4 is 23.4 Å². The lowest BCUT2D eigenvalue weighted by atomic mass is 10.2. The van der Waals surface area contributed by atoms with Crippen LogP contribution in [0.2, 0.25) is 0 Å². The van der Waals surface area contributed by atoms with Crippen LogP contribution >= 0.6 is 23.4 Å². The third-order valence-electron chi connectivity index (χ3n) is 2.29. The van der Waals surface area contributed by atoms with Gasteiger partial charge in [-0.3, -0.25) is 0 Å². The summed E-state index contributed by atoms with van der Waals surface area (Å²) in [5.41, 5.74) is 0. The van der Waals surface area contributed by atoms with Crippen molar-refractivity contribution in [2.24, 2.45) is 5.92 Å². The van der Waals surface area contributed by atoms with Crippen LogP contribution in [0.1, 0.15) is 26.7 Å². The van der Waals surface area contributed by atoms with Crippen molar-refractivity contribution in [2.45, 2.75) is 38.9 Å². The normalized spacial score (nSPS) is 30.7. The Morgan fingerprint density at radius 2 is 2.31 bits per heavy atom. The molecule has 0 saturated carbocycles. The van der Waals surface area contributed by atoms with Crippen LogP contribution < -0.4 is 0 Å². The Bertz CT molecular complexity index is 143. The molecule has 0 aromatic carbocycles. The molecule has 0 bridgehead atoms. The smallest absolute Gasteiger partial charge is 0.0670 e. The predicted octanol–water partition coefficient (Wildman–Crippen LogP) is 3.16. The summed E-state index contributed by atoms with van der Waals surface area (Å²) >= 11 is 7.70. The number of hydrogen-bond acceptors (Lipinski definition) is 2. The highest BCUT2D eigenvalue weighted by atomic mass is 35.5. The van der Waals surface area contributed by atoms with Gasteiger partial charge in [0.1, 0.15) is 0 Å². The lowest BCUT2D eigenvalue weighted by Crippen LogP contribution is -2.12. The van der Waals surface area contributed by atoms with E-state index in [4.69, 9.17) is 16.3 Å². The zero-order chi connectivity index (χ0) is 9.68. The second kappa shape index (κ2) is 6.15. The van der Waals surface area contributed by atoms with Crippen LogP contribution in [0.5, 0.6) is 0 Å². The van der Waals surface area contributed by atoms with E-state index in [1.807, 2.05) is 11.8 Å². The Morgan fingerprint density at radius 1 is 1.54 bits per heavy atom. The number of halogens is 1. The molecule has 0 radical (unpaired) electrons. The van der Waals surface area contributed by atoms with E-state index >= 15 is 0 Å². The third-order valence-corrected chi connectivity index (χ3v) is 4.23. The zero-order valence-electron chi connectivity index (χ0n) is 8.46. The van der Waals surface area contributed by atoms with Crippen molar-refractivity contribution in [1.82, 2.24) is 0 Å². The Morgan fingerprint density at radius 3 is 2.85 bits per heavy atom. The molecule has 1 rings (SSSR count). The number of thioether (sulfide) groups is 1. The highest BCUT2D eigenvalue weighted by Gasteiger charge is 2.21.